The molecule has 104 valence electrons. The Kier molecular flexibility index (Phi) is 4.80. The molecule has 0 spiro atoms. The molecule has 4 heteroatoms. The van der Waals surface area contributed by atoms with E-state index in [2.05, 4.69) is 0 Å². The maximum absolute atomic E-state index is 11.8. The predicted molar refractivity (Wildman–Crippen MR) is 71.1 cm³/mol. The van der Waals surface area contributed by atoms with E-state index in [4.69, 9.17) is 14.2 Å². The summed E-state index contributed by atoms with van der Waals surface area (Å²) in [5.41, 5.74) is 1.18. The molecule has 19 heavy (non-hydrogen) atoms. The third-order valence-corrected chi connectivity index (χ3v) is 3.49. The molecule has 0 saturated carbocycles. The third kappa shape index (κ3) is 3.70. The van der Waals surface area contributed by atoms with E-state index in [1.807, 2.05) is 31.2 Å². The van der Waals surface area contributed by atoms with E-state index < -0.39 is 0 Å². The Balaban J connectivity index is 1.95. The van der Waals surface area contributed by atoms with Gasteiger partial charge in [-0.25, -0.2) is 0 Å². The summed E-state index contributed by atoms with van der Waals surface area (Å²) in [4.78, 5) is 11.8. The first-order valence-corrected chi connectivity index (χ1v) is 6.55. The molecule has 2 unspecified atom stereocenters. The predicted octanol–water partition coefficient (Wildman–Crippen LogP) is 2.20. The number of carbonyl (C=O) groups is 1. The van der Waals surface area contributed by atoms with E-state index in [1.54, 1.807) is 0 Å². The van der Waals surface area contributed by atoms with Gasteiger partial charge in [-0.2, -0.15) is 0 Å². The van der Waals surface area contributed by atoms with Gasteiger partial charge in [-0.3, -0.25) is 4.79 Å². The highest BCUT2D eigenvalue weighted by atomic mass is 16.5. The van der Waals surface area contributed by atoms with Crippen molar-refractivity contribution in [1.82, 2.24) is 0 Å². The summed E-state index contributed by atoms with van der Waals surface area (Å²) in [6.07, 6.45) is 0.886. The molecule has 1 aliphatic rings. The maximum Gasteiger partial charge on any atom is 0.312 e. The number of benzene rings is 1. The summed E-state index contributed by atoms with van der Waals surface area (Å²) >= 11 is 0. The standard InChI is InChI=1S/C15H20O4/c1-11-3-5-13(6-4-11)19-10-14(15(16)17-2)12-7-8-18-9-12/h3-6,12,14H,7-10H2,1-2H3. The lowest BCUT2D eigenvalue weighted by atomic mass is 9.92. The van der Waals surface area contributed by atoms with Crippen molar-refractivity contribution < 1.29 is 19.0 Å². The van der Waals surface area contributed by atoms with Crippen LogP contribution in [0.5, 0.6) is 5.75 Å². The number of methoxy groups -OCH3 is 1. The molecule has 0 amide bonds. The van der Waals surface area contributed by atoms with Gasteiger partial charge in [-0.1, -0.05) is 17.7 Å². The lowest BCUT2D eigenvalue weighted by Crippen LogP contribution is -2.31. The lowest BCUT2D eigenvalue weighted by Gasteiger charge is -2.20. The van der Waals surface area contributed by atoms with E-state index in [1.165, 1.54) is 12.7 Å². The molecule has 0 radical (unpaired) electrons. The Labute approximate surface area is 113 Å². The molecular formula is C15H20O4. The second-order valence-electron chi connectivity index (χ2n) is 4.88. The van der Waals surface area contributed by atoms with Gasteiger partial charge in [-0.15, -0.1) is 0 Å². The van der Waals surface area contributed by atoms with Gasteiger partial charge in [-0.05, 0) is 25.5 Å². The van der Waals surface area contributed by atoms with E-state index in [0.29, 0.717) is 19.8 Å². The first-order valence-electron chi connectivity index (χ1n) is 6.55. The summed E-state index contributed by atoms with van der Waals surface area (Å²) < 4.78 is 15.9. The first kappa shape index (κ1) is 13.9. The average molecular weight is 264 g/mol. The van der Waals surface area contributed by atoms with Gasteiger partial charge in [0.2, 0.25) is 0 Å². The van der Waals surface area contributed by atoms with Gasteiger partial charge in [0.25, 0.3) is 0 Å². The van der Waals surface area contributed by atoms with E-state index in [9.17, 15) is 4.79 Å². The van der Waals surface area contributed by atoms with Crippen LogP contribution in [0.3, 0.4) is 0 Å². The number of aryl methyl sites for hydroxylation is 1. The molecule has 2 atom stereocenters. The maximum atomic E-state index is 11.8. The summed E-state index contributed by atoms with van der Waals surface area (Å²) in [6.45, 7) is 3.68. The van der Waals surface area contributed by atoms with Crippen LogP contribution in [0, 0.1) is 18.8 Å². The Morgan fingerprint density at radius 2 is 2.16 bits per heavy atom. The molecule has 0 aromatic heterocycles. The van der Waals surface area contributed by atoms with E-state index in [0.717, 1.165) is 12.2 Å². The van der Waals surface area contributed by atoms with Crippen molar-refractivity contribution in [2.75, 3.05) is 26.9 Å². The molecular weight excluding hydrogens is 244 g/mol. The normalized spacial score (nSPS) is 20.0. The van der Waals surface area contributed by atoms with E-state index in [-0.39, 0.29) is 17.8 Å². The topological polar surface area (TPSA) is 44.8 Å². The lowest BCUT2D eigenvalue weighted by molar-refractivity contribution is -0.148. The molecule has 1 aromatic carbocycles. The number of hydrogen-bond donors (Lipinski definition) is 0. The van der Waals surface area contributed by atoms with Crippen LogP contribution < -0.4 is 4.74 Å². The number of carbonyl (C=O) groups excluding carboxylic acids is 1. The minimum atomic E-state index is -0.256. The number of hydrogen-bond acceptors (Lipinski definition) is 4. The molecule has 1 heterocycles. The summed E-state index contributed by atoms with van der Waals surface area (Å²) in [7, 11) is 1.41. The average Bonchev–Trinajstić information content (AvgIpc) is 2.94. The fourth-order valence-corrected chi connectivity index (χ4v) is 2.24. The second-order valence-corrected chi connectivity index (χ2v) is 4.88. The molecule has 4 nitrogen and oxygen atoms in total. The van der Waals surface area contributed by atoms with Crippen LogP contribution in [-0.2, 0) is 14.3 Å². The Morgan fingerprint density at radius 1 is 1.42 bits per heavy atom. The highest BCUT2D eigenvalue weighted by molar-refractivity contribution is 5.72. The SMILES string of the molecule is COC(=O)C(COc1ccc(C)cc1)C1CCOC1. The molecule has 1 aromatic rings. The smallest absolute Gasteiger partial charge is 0.312 e. The fraction of sp³-hybridized carbons (Fsp3) is 0.533. The Hall–Kier alpha value is -1.55. The zero-order chi connectivity index (χ0) is 13.7. The third-order valence-electron chi connectivity index (χ3n) is 3.49. The minimum absolute atomic E-state index is 0.192. The number of ether oxygens (including phenoxy) is 3. The zero-order valence-corrected chi connectivity index (χ0v) is 11.4. The van der Waals surface area contributed by atoms with Gasteiger partial charge < -0.3 is 14.2 Å². The van der Waals surface area contributed by atoms with Gasteiger partial charge in [0, 0.05) is 12.5 Å². The zero-order valence-electron chi connectivity index (χ0n) is 11.4. The van der Waals surface area contributed by atoms with Crippen molar-refractivity contribution in [2.45, 2.75) is 13.3 Å². The second kappa shape index (κ2) is 6.57. The van der Waals surface area contributed by atoms with Crippen LogP contribution in [-0.4, -0.2) is 32.9 Å². The highest BCUT2D eigenvalue weighted by Crippen LogP contribution is 2.24. The minimum Gasteiger partial charge on any atom is -0.493 e. The number of rotatable bonds is 5. The van der Waals surface area contributed by atoms with Gasteiger partial charge in [0.05, 0.1) is 19.6 Å². The molecule has 1 aliphatic heterocycles. The summed E-state index contributed by atoms with van der Waals surface area (Å²) in [5.74, 6) is 0.493. The van der Waals surface area contributed by atoms with Crippen molar-refractivity contribution in [3.05, 3.63) is 29.8 Å². The van der Waals surface area contributed by atoms with E-state index >= 15 is 0 Å². The van der Waals surface area contributed by atoms with Crippen molar-refractivity contribution in [3.63, 3.8) is 0 Å². The van der Waals surface area contributed by atoms with Crippen molar-refractivity contribution in [2.24, 2.45) is 11.8 Å². The fourth-order valence-electron chi connectivity index (χ4n) is 2.24. The van der Waals surface area contributed by atoms with Crippen molar-refractivity contribution >= 4 is 5.97 Å². The Bertz CT molecular complexity index is 407. The highest BCUT2D eigenvalue weighted by Gasteiger charge is 2.32. The van der Waals surface area contributed by atoms with Crippen LogP contribution in [0.2, 0.25) is 0 Å². The van der Waals surface area contributed by atoms with Crippen LogP contribution in [0.4, 0.5) is 0 Å². The van der Waals surface area contributed by atoms with Crippen LogP contribution >= 0.6 is 0 Å². The molecule has 2 rings (SSSR count). The van der Waals surface area contributed by atoms with Crippen LogP contribution in [0.25, 0.3) is 0 Å². The molecule has 0 bridgehead atoms. The van der Waals surface area contributed by atoms with Crippen molar-refractivity contribution in [1.29, 1.82) is 0 Å². The number of esters is 1. The quantitative estimate of drug-likeness (QED) is 0.765. The molecule has 1 fully saturated rings. The van der Waals surface area contributed by atoms with Crippen LogP contribution in [0.15, 0.2) is 24.3 Å². The van der Waals surface area contributed by atoms with Crippen molar-refractivity contribution in [3.8, 4) is 5.75 Å². The molecule has 0 aliphatic carbocycles. The first-order chi connectivity index (χ1) is 9.20. The molecule has 1 saturated heterocycles. The molecule has 0 N–H and O–H groups in total. The monoisotopic (exact) mass is 264 g/mol. The summed E-state index contributed by atoms with van der Waals surface area (Å²) in [6, 6.07) is 7.80. The van der Waals surface area contributed by atoms with Crippen LogP contribution in [0.1, 0.15) is 12.0 Å². The Morgan fingerprint density at radius 3 is 2.74 bits per heavy atom. The van der Waals surface area contributed by atoms with Gasteiger partial charge >= 0.3 is 5.97 Å². The summed E-state index contributed by atoms with van der Waals surface area (Å²) in [5, 5.41) is 0. The largest absolute Gasteiger partial charge is 0.493 e. The van der Waals surface area contributed by atoms with Gasteiger partial charge in [0.15, 0.2) is 0 Å². The van der Waals surface area contributed by atoms with Gasteiger partial charge in [0.1, 0.15) is 12.4 Å².